The molecule has 5 aromatic rings. The number of unbranched alkanes of at least 4 members (excludes halogenated alkanes) is 1. The Morgan fingerprint density at radius 3 is 1.38 bits per heavy atom. The average molecular weight is 1820 g/mol. The number of phenols is 1. The maximum absolute atomic E-state index is 15.3. The number of fused-ring (bicyclic) bond motifs is 2. The number of rotatable bonds is 56. The first-order valence-electron chi connectivity index (χ1n) is 40.4. The molecule has 16 amide bonds. The van der Waals surface area contributed by atoms with Crippen LogP contribution >= 0.6 is 37.0 Å². The molecule has 0 fully saturated rings. The topological polar surface area (TPSA) is 711 Å². The van der Waals surface area contributed by atoms with E-state index in [4.69, 9.17) is 28.3 Å². The summed E-state index contributed by atoms with van der Waals surface area (Å²) in [6.45, 7) is 4.18. The van der Waals surface area contributed by atoms with Gasteiger partial charge in [-0.1, -0.05) is 62.4 Å². The number of aromatic nitrogens is 2. The number of nitrogens with one attached hydrogen (secondary N) is 18. The number of hydrogen-bond acceptors (Lipinski definition) is 25. The Labute approximate surface area is 740 Å². The molecule has 2 heterocycles. The van der Waals surface area contributed by atoms with E-state index in [1.165, 1.54) is 36.0 Å². The first kappa shape index (κ1) is 104. The van der Waals surface area contributed by atoms with Gasteiger partial charge in [-0.3, -0.25) is 86.9 Å². The van der Waals surface area contributed by atoms with Gasteiger partial charge < -0.3 is 133 Å². The summed E-state index contributed by atoms with van der Waals surface area (Å²) >= 11 is 9.83. The molecule has 5 rings (SSSR count). The van der Waals surface area contributed by atoms with E-state index < -0.39 is 229 Å². The van der Waals surface area contributed by atoms with Crippen molar-refractivity contribution in [2.75, 3.05) is 49.8 Å². The minimum atomic E-state index is -1.87. The van der Waals surface area contributed by atoms with Crippen molar-refractivity contribution < 1.29 is 102 Å². The van der Waals surface area contributed by atoms with Crippen LogP contribution in [0.2, 0.25) is 0 Å². The van der Waals surface area contributed by atoms with Crippen LogP contribution in [0.1, 0.15) is 109 Å². The molecule has 0 radical (unpaired) electrons. The summed E-state index contributed by atoms with van der Waals surface area (Å²) in [6, 6.07) is -1.43. The molecule has 14 atom stereocenters. The number of carboxylic acids is 1. The normalized spacial score (nSPS) is 14.5. The van der Waals surface area contributed by atoms with Crippen molar-refractivity contribution >= 4 is 165 Å². The molecule has 3 aromatic carbocycles. The van der Waals surface area contributed by atoms with Gasteiger partial charge in [0, 0.05) is 84.9 Å². The van der Waals surface area contributed by atoms with Crippen molar-refractivity contribution in [2.24, 2.45) is 28.9 Å². The van der Waals surface area contributed by atoms with Crippen LogP contribution in [0.15, 0.2) is 85.2 Å². The summed E-state index contributed by atoms with van der Waals surface area (Å²) in [4.78, 5) is 241. The smallest absolute Gasteiger partial charge is 0.305 e. The van der Waals surface area contributed by atoms with Gasteiger partial charge in [0.05, 0.1) is 25.7 Å². The zero-order chi connectivity index (χ0) is 93.4. The summed E-state index contributed by atoms with van der Waals surface area (Å²) < 4.78 is 0. The molecule has 0 saturated heterocycles. The molecule has 46 heteroatoms. The van der Waals surface area contributed by atoms with Crippen molar-refractivity contribution in [2.45, 2.75) is 196 Å². The molecular formula is C80H116N22O21S3. The Bertz CT molecular complexity index is 4610. The van der Waals surface area contributed by atoms with Crippen LogP contribution in [0, 0.1) is 11.3 Å². The summed E-state index contributed by atoms with van der Waals surface area (Å²) in [5.41, 5.74) is 24.6. The monoisotopic (exact) mass is 1820 g/mol. The lowest BCUT2D eigenvalue weighted by Gasteiger charge is -2.29. The van der Waals surface area contributed by atoms with Gasteiger partial charge in [-0.05, 0) is 124 Å². The lowest BCUT2D eigenvalue weighted by Crippen LogP contribution is -2.62. The highest BCUT2D eigenvalue weighted by atomic mass is 32.2. The van der Waals surface area contributed by atoms with E-state index >= 15 is 9.59 Å². The Morgan fingerprint density at radius 1 is 0.484 bits per heavy atom. The zero-order valence-corrected chi connectivity index (χ0v) is 72.8. The third-order valence-electron chi connectivity index (χ3n) is 19.6. The number of carboxylic acid groups (broad SMARTS) is 1. The first-order chi connectivity index (χ1) is 59.8. The van der Waals surface area contributed by atoms with Gasteiger partial charge in [0.2, 0.25) is 94.5 Å². The van der Waals surface area contributed by atoms with E-state index in [9.17, 15) is 92.3 Å². The molecule has 0 aliphatic heterocycles. The molecule has 30 N–H and O–H groups in total. The van der Waals surface area contributed by atoms with Crippen molar-refractivity contribution in [1.29, 1.82) is 5.41 Å². The second-order valence-electron chi connectivity index (χ2n) is 30.2. The number of benzene rings is 3. The maximum atomic E-state index is 15.3. The number of guanidine groups is 1. The van der Waals surface area contributed by atoms with Crippen LogP contribution in [-0.2, 0) is 101 Å². The van der Waals surface area contributed by atoms with Gasteiger partial charge >= 0.3 is 5.97 Å². The predicted molar refractivity (Wildman–Crippen MR) is 470 cm³/mol. The first-order valence-corrected chi connectivity index (χ1v) is 43.1. The fourth-order valence-electron chi connectivity index (χ4n) is 13.0. The summed E-state index contributed by atoms with van der Waals surface area (Å²) in [5.74, 6) is -18.9. The molecule has 126 heavy (non-hydrogen) atoms. The molecule has 690 valence electrons. The van der Waals surface area contributed by atoms with Crippen LogP contribution in [0.25, 0.3) is 21.8 Å². The minimum Gasteiger partial charge on any atom is -0.508 e. The standard InChI is InChI=1S/C80H116N22O21S3/c1-40(2)29-55(72(116)92-51(17-10-11-26-81)69(113)95-54(25-28-126-5)68(112)89-36-64(108)91-59(33-65(109)110)76(120)100-60(37-103)67(83)111)96-75(119)57(31-44-34-87-49-15-8-6-13-47(44)49)98-73(117)56(30-43-19-21-46(106)22-20-43)97-78(122)62(39-125)101-70(114)53(23-24-63(82)107)94-74(118)58(32-45-35-88-50-16-9-7-14-48(45)50)99-79(123)66(41(3)104)102-71(115)52(18-12-27-86-80(84)85)93-77(121)61(38-124)90-42(4)105/h6-9,13-16,19-22,34-35,40-41,51-62,66,87-88,103-104,106,124-125H,10-12,17-18,23-33,36-39,81H2,1-5H3,(H2,82,107)(H2,83,111)(H,89,112)(H,90,105)(H,91,108)(H,92,116)(H,93,121)(H,94,118)(H,95,113)(H,96,119)(H,97,122)(H,98,117)(H,99,123)(H,100,120)(H,101,114)(H,102,115)(H,109,110)(H4,84,85,86)/t41-,51+,52+,53+,54+,55+,56+,57+,58+,59+,60+,61+,62+,66+/m1/s1. The Hall–Kier alpha value is -12.3. The quantitative estimate of drug-likeness (QED) is 0.00747. The summed E-state index contributed by atoms with van der Waals surface area (Å²) in [6.07, 6.45) is 0.402. The molecule has 0 saturated carbocycles. The summed E-state index contributed by atoms with van der Waals surface area (Å²) in [5, 5.41) is 86.7. The average Bonchev–Trinajstić information content (AvgIpc) is 1.65. The maximum Gasteiger partial charge on any atom is 0.305 e. The number of thioether (sulfide) groups is 1. The Kier molecular flexibility index (Phi) is 44.0. The molecule has 0 bridgehead atoms. The highest BCUT2D eigenvalue weighted by molar-refractivity contribution is 7.98. The number of thiol groups is 2. The number of phenolic OH excluding ortho intramolecular Hbond substituents is 1. The number of nitrogens with two attached hydrogens (primary N) is 4. The fourth-order valence-corrected chi connectivity index (χ4v) is 14.0. The van der Waals surface area contributed by atoms with Crippen LogP contribution in [0.5, 0.6) is 5.75 Å². The minimum absolute atomic E-state index is 0.0431. The predicted octanol–water partition coefficient (Wildman–Crippen LogP) is -5.53. The third-order valence-corrected chi connectivity index (χ3v) is 21.0. The molecule has 0 aliphatic rings. The number of aromatic amines is 2. The van der Waals surface area contributed by atoms with Crippen LogP contribution in [-0.4, -0.2) is 271 Å². The Morgan fingerprint density at radius 2 is 0.913 bits per heavy atom. The van der Waals surface area contributed by atoms with Crippen molar-refractivity contribution in [3.05, 3.63) is 102 Å². The Balaban J connectivity index is 1.45. The molecule has 43 nitrogen and oxygen atoms in total. The molecule has 0 aliphatic carbocycles. The van der Waals surface area contributed by atoms with E-state index in [0.29, 0.717) is 44.9 Å². The number of aliphatic hydroxyl groups is 2. The van der Waals surface area contributed by atoms with Gasteiger partial charge in [-0.15, -0.1) is 0 Å². The molecule has 2 aromatic heterocycles. The van der Waals surface area contributed by atoms with Gasteiger partial charge in [0.25, 0.3) is 0 Å². The van der Waals surface area contributed by atoms with Gasteiger partial charge in [0.1, 0.15) is 84.3 Å². The number of para-hydroxylation sites is 2. The number of aliphatic hydroxyl groups excluding tert-OH is 2. The molecule has 0 spiro atoms. The lowest BCUT2D eigenvalue weighted by molar-refractivity contribution is -0.141. The highest BCUT2D eigenvalue weighted by Crippen LogP contribution is 2.23. The van der Waals surface area contributed by atoms with E-state index in [2.05, 4.69) is 110 Å². The highest BCUT2D eigenvalue weighted by Gasteiger charge is 2.39. The summed E-state index contributed by atoms with van der Waals surface area (Å²) in [7, 11) is 0. The van der Waals surface area contributed by atoms with Gasteiger partial charge in [-0.25, -0.2) is 0 Å². The van der Waals surface area contributed by atoms with Crippen LogP contribution < -0.4 is 103 Å². The number of hydrogen-bond donors (Lipinski definition) is 28. The number of carbonyl (C=O) groups is 17. The second kappa shape index (κ2) is 53.1. The number of amides is 16. The zero-order valence-electron chi connectivity index (χ0n) is 70.2. The lowest BCUT2D eigenvalue weighted by atomic mass is 9.99. The number of aliphatic carboxylic acids is 1. The number of carbonyl (C=O) groups excluding carboxylic acids is 16. The number of H-pyrrole nitrogens is 2. The number of primary amides is 2. The fraction of sp³-hybridized carbons (Fsp3) is 0.500. The molecule has 0 unspecified atom stereocenters. The van der Waals surface area contributed by atoms with E-state index in [-0.39, 0.29) is 94.1 Å². The van der Waals surface area contributed by atoms with Crippen molar-refractivity contribution in [3.63, 3.8) is 0 Å². The van der Waals surface area contributed by atoms with Gasteiger partial charge in [-0.2, -0.15) is 37.0 Å². The number of aromatic hydroxyl groups is 1. The SMILES string of the molecule is CSCC[C@H](NC(=O)[C@H](CCCCN)NC(=O)[C@H](CC(C)C)NC(=O)[C@H](Cc1c[nH]c2ccccc12)NC(=O)[C@H](Cc1ccc(O)cc1)NC(=O)[C@H](CS)NC(=O)[C@H](CCC(N)=O)NC(=O)[C@H](Cc1c[nH]c2ccccc12)NC(=O)[C@@H](NC(=O)[C@H](CCCNC(=N)N)NC(=O)[C@H](CS)NC(C)=O)[C@@H](C)O)C(=O)NCC(=O)N[C@@H](CC(=O)O)C(=O)N[C@@H](CO)C(N)=O. The van der Waals surface area contributed by atoms with Crippen LogP contribution in [0.4, 0.5) is 0 Å². The van der Waals surface area contributed by atoms with E-state index in [0.717, 1.165) is 13.8 Å². The van der Waals surface area contributed by atoms with E-state index in [1.54, 1.807) is 81.0 Å². The second-order valence-corrected chi connectivity index (χ2v) is 31.9. The largest absolute Gasteiger partial charge is 0.508 e. The molecular weight excluding hydrogens is 1700 g/mol. The van der Waals surface area contributed by atoms with Crippen molar-refractivity contribution in [3.8, 4) is 5.75 Å². The van der Waals surface area contributed by atoms with E-state index in [1.807, 2.05) is 5.32 Å². The van der Waals surface area contributed by atoms with Gasteiger partial charge in [0.15, 0.2) is 5.96 Å². The van der Waals surface area contributed by atoms with Crippen LogP contribution in [0.3, 0.4) is 0 Å². The van der Waals surface area contributed by atoms with Crippen molar-refractivity contribution in [1.82, 2.24) is 89.7 Å². The third kappa shape index (κ3) is 35.0.